The second kappa shape index (κ2) is 9.18. The quantitative estimate of drug-likeness (QED) is 0.698. The third kappa shape index (κ3) is 5.77. The molecular weight excluding hydrogens is 284 g/mol. The monoisotopic (exact) mass is 312 g/mol. The fraction of sp³-hybridized carbons (Fsp3) is 0.625. The molecule has 5 heteroatoms. The molecule has 0 bridgehead atoms. The Morgan fingerprint density at radius 1 is 1.10 bits per heavy atom. The van der Waals surface area contributed by atoms with Gasteiger partial charge in [-0.3, -0.25) is 0 Å². The first-order valence-corrected chi connectivity index (χ1v) is 9.28. The molecule has 0 amide bonds. The number of hydrogen-bond acceptors (Lipinski definition) is 3. The Bertz CT molecular complexity index is 515. The lowest BCUT2D eigenvalue weighted by Crippen LogP contribution is -2.35. The highest BCUT2D eigenvalue weighted by Crippen LogP contribution is 2.17. The third-order valence-corrected chi connectivity index (χ3v) is 5.12. The van der Waals surface area contributed by atoms with E-state index in [0.717, 1.165) is 37.7 Å². The van der Waals surface area contributed by atoms with E-state index in [1.54, 1.807) is 12.1 Å². The summed E-state index contributed by atoms with van der Waals surface area (Å²) in [6, 6.07) is 7.20. The van der Waals surface area contributed by atoms with Gasteiger partial charge >= 0.3 is 0 Å². The maximum absolute atomic E-state index is 12.6. The van der Waals surface area contributed by atoms with Crippen molar-refractivity contribution in [2.24, 2.45) is 0 Å². The van der Waals surface area contributed by atoms with Crippen LogP contribution < -0.4 is 10.0 Å². The SMILES string of the molecule is CCCCC(CCC)NS(=O)(=O)c1ccccc1CNC. The molecule has 0 radical (unpaired) electrons. The molecule has 0 aliphatic heterocycles. The summed E-state index contributed by atoms with van der Waals surface area (Å²) in [4.78, 5) is 0.386. The van der Waals surface area contributed by atoms with Gasteiger partial charge < -0.3 is 5.32 Å². The van der Waals surface area contributed by atoms with E-state index < -0.39 is 10.0 Å². The van der Waals surface area contributed by atoms with Crippen molar-refractivity contribution in [1.82, 2.24) is 10.0 Å². The Hall–Kier alpha value is -0.910. The highest BCUT2D eigenvalue weighted by atomic mass is 32.2. The minimum Gasteiger partial charge on any atom is -0.316 e. The number of nitrogens with one attached hydrogen (secondary N) is 2. The number of rotatable bonds is 10. The van der Waals surface area contributed by atoms with E-state index in [2.05, 4.69) is 23.9 Å². The second-order valence-corrected chi connectivity index (χ2v) is 7.07. The molecule has 0 aromatic heterocycles. The van der Waals surface area contributed by atoms with E-state index in [1.807, 2.05) is 19.2 Å². The van der Waals surface area contributed by atoms with Gasteiger partial charge in [-0.2, -0.15) is 0 Å². The van der Waals surface area contributed by atoms with Gasteiger partial charge in [-0.05, 0) is 31.5 Å². The van der Waals surface area contributed by atoms with Crippen LogP contribution in [0.15, 0.2) is 29.2 Å². The summed E-state index contributed by atoms with van der Waals surface area (Å²) in [5.74, 6) is 0. The predicted molar refractivity (Wildman–Crippen MR) is 87.7 cm³/mol. The van der Waals surface area contributed by atoms with Crippen LogP contribution in [0.3, 0.4) is 0 Å². The first-order valence-electron chi connectivity index (χ1n) is 7.80. The standard InChI is InChI=1S/C16H28N2O2S/c1-4-6-11-15(9-5-2)18-21(19,20)16-12-8-7-10-14(16)13-17-3/h7-8,10,12,15,17-18H,4-6,9,11,13H2,1-3H3. The molecule has 120 valence electrons. The van der Waals surface area contributed by atoms with Crippen molar-refractivity contribution < 1.29 is 8.42 Å². The molecule has 0 aliphatic rings. The average Bonchev–Trinajstić information content (AvgIpc) is 2.45. The van der Waals surface area contributed by atoms with E-state index in [0.29, 0.717) is 11.4 Å². The van der Waals surface area contributed by atoms with Crippen LogP contribution in [0, 0.1) is 0 Å². The molecule has 2 N–H and O–H groups in total. The zero-order chi connectivity index (χ0) is 15.7. The Morgan fingerprint density at radius 3 is 2.43 bits per heavy atom. The van der Waals surface area contributed by atoms with E-state index in [9.17, 15) is 8.42 Å². The Balaban J connectivity index is 2.93. The topological polar surface area (TPSA) is 58.2 Å². The number of hydrogen-bond donors (Lipinski definition) is 2. The molecular formula is C16H28N2O2S. The molecule has 4 nitrogen and oxygen atoms in total. The van der Waals surface area contributed by atoms with Crippen LogP contribution in [0.25, 0.3) is 0 Å². The molecule has 1 unspecified atom stereocenters. The fourth-order valence-corrected chi connectivity index (χ4v) is 3.99. The van der Waals surface area contributed by atoms with Crippen molar-refractivity contribution in [2.75, 3.05) is 7.05 Å². The molecule has 0 fully saturated rings. The van der Waals surface area contributed by atoms with E-state index >= 15 is 0 Å². The summed E-state index contributed by atoms with van der Waals surface area (Å²) in [6.45, 7) is 4.76. The largest absolute Gasteiger partial charge is 0.316 e. The van der Waals surface area contributed by atoms with Gasteiger partial charge in [-0.1, -0.05) is 51.3 Å². The van der Waals surface area contributed by atoms with Crippen LogP contribution in [0.2, 0.25) is 0 Å². The van der Waals surface area contributed by atoms with Gasteiger partial charge in [-0.15, -0.1) is 0 Å². The van der Waals surface area contributed by atoms with Gasteiger partial charge in [0.15, 0.2) is 0 Å². The Morgan fingerprint density at radius 2 is 1.81 bits per heavy atom. The van der Waals surface area contributed by atoms with Crippen LogP contribution >= 0.6 is 0 Å². The molecule has 0 aliphatic carbocycles. The van der Waals surface area contributed by atoms with Crippen molar-refractivity contribution in [3.63, 3.8) is 0 Å². The molecule has 0 saturated carbocycles. The number of benzene rings is 1. The Kier molecular flexibility index (Phi) is 7.93. The van der Waals surface area contributed by atoms with E-state index in [-0.39, 0.29) is 6.04 Å². The smallest absolute Gasteiger partial charge is 0.241 e. The summed E-state index contributed by atoms with van der Waals surface area (Å²) >= 11 is 0. The van der Waals surface area contributed by atoms with Crippen LogP contribution in [-0.4, -0.2) is 21.5 Å². The van der Waals surface area contributed by atoms with Crippen molar-refractivity contribution in [3.05, 3.63) is 29.8 Å². The van der Waals surface area contributed by atoms with E-state index in [1.165, 1.54) is 0 Å². The Labute approximate surface area is 129 Å². The molecule has 0 heterocycles. The summed E-state index contributed by atoms with van der Waals surface area (Å²) in [5.41, 5.74) is 0.804. The predicted octanol–water partition coefficient (Wildman–Crippen LogP) is 3.04. The lowest BCUT2D eigenvalue weighted by Gasteiger charge is -2.19. The van der Waals surface area contributed by atoms with Gasteiger partial charge in [0.25, 0.3) is 0 Å². The molecule has 1 rings (SSSR count). The molecule has 1 atom stereocenters. The van der Waals surface area contributed by atoms with Gasteiger partial charge in [0.1, 0.15) is 0 Å². The average molecular weight is 312 g/mol. The zero-order valence-corrected chi connectivity index (χ0v) is 14.2. The minimum atomic E-state index is -3.45. The van der Waals surface area contributed by atoms with Gasteiger partial charge in [0, 0.05) is 12.6 Å². The maximum Gasteiger partial charge on any atom is 0.241 e. The van der Waals surface area contributed by atoms with E-state index in [4.69, 9.17) is 0 Å². The summed E-state index contributed by atoms with van der Waals surface area (Å²) in [5, 5.41) is 3.02. The first-order chi connectivity index (χ1) is 10.0. The molecule has 0 saturated heterocycles. The van der Waals surface area contributed by atoms with Crippen LogP contribution in [0.5, 0.6) is 0 Å². The molecule has 1 aromatic rings. The zero-order valence-electron chi connectivity index (χ0n) is 13.4. The number of sulfonamides is 1. The summed E-state index contributed by atoms with van der Waals surface area (Å²) in [6.07, 6.45) is 4.89. The highest BCUT2D eigenvalue weighted by molar-refractivity contribution is 7.89. The highest BCUT2D eigenvalue weighted by Gasteiger charge is 2.21. The van der Waals surface area contributed by atoms with Crippen molar-refractivity contribution in [2.45, 2.75) is 63.4 Å². The lowest BCUT2D eigenvalue weighted by atomic mass is 10.1. The van der Waals surface area contributed by atoms with Crippen molar-refractivity contribution in [3.8, 4) is 0 Å². The molecule has 21 heavy (non-hydrogen) atoms. The normalized spacial score (nSPS) is 13.3. The lowest BCUT2D eigenvalue weighted by molar-refractivity contribution is 0.483. The van der Waals surface area contributed by atoms with Crippen molar-refractivity contribution >= 4 is 10.0 Å². The summed E-state index contributed by atoms with van der Waals surface area (Å²) in [7, 11) is -1.64. The van der Waals surface area contributed by atoms with Crippen LogP contribution in [-0.2, 0) is 16.6 Å². The third-order valence-electron chi connectivity index (χ3n) is 3.49. The van der Waals surface area contributed by atoms with Gasteiger partial charge in [-0.25, -0.2) is 13.1 Å². The summed E-state index contributed by atoms with van der Waals surface area (Å²) < 4.78 is 28.2. The van der Waals surface area contributed by atoms with Crippen LogP contribution in [0.4, 0.5) is 0 Å². The van der Waals surface area contributed by atoms with Gasteiger partial charge in [0.05, 0.1) is 4.90 Å². The molecule has 0 spiro atoms. The fourth-order valence-electron chi connectivity index (χ4n) is 2.45. The van der Waals surface area contributed by atoms with Gasteiger partial charge in [0.2, 0.25) is 10.0 Å². The maximum atomic E-state index is 12.6. The van der Waals surface area contributed by atoms with Crippen molar-refractivity contribution in [1.29, 1.82) is 0 Å². The number of unbranched alkanes of at least 4 members (excludes halogenated alkanes) is 1. The minimum absolute atomic E-state index is 0.0302. The second-order valence-electron chi connectivity index (χ2n) is 5.39. The molecule has 1 aromatic carbocycles. The van der Waals surface area contributed by atoms with Crippen LogP contribution in [0.1, 0.15) is 51.5 Å². The first kappa shape index (κ1) is 18.1.